The lowest BCUT2D eigenvalue weighted by atomic mass is 9.94. The Balaban J connectivity index is 3.14. The molecule has 0 atom stereocenters. The summed E-state index contributed by atoms with van der Waals surface area (Å²) in [5.74, 6) is 0. The minimum Gasteiger partial charge on any atom is -0.252 e. The van der Waals surface area contributed by atoms with Crippen LogP contribution in [0.2, 0.25) is 0 Å². The van der Waals surface area contributed by atoms with E-state index in [0.717, 1.165) is 6.20 Å². The molecule has 11 heavy (non-hydrogen) atoms. The summed E-state index contributed by atoms with van der Waals surface area (Å²) in [7, 11) is 1.38. The van der Waals surface area contributed by atoms with Crippen LogP contribution in [-0.4, -0.2) is 12.8 Å². The van der Waals surface area contributed by atoms with Crippen LogP contribution in [0.1, 0.15) is 5.69 Å². The highest BCUT2D eigenvalue weighted by Gasteiger charge is 2.33. The first-order chi connectivity index (χ1) is 5.02. The van der Waals surface area contributed by atoms with Crippen molar-refractivity contribution in [3.05, 3.63) is 24.0 Å². The number of rotatable bonds is 0. The van der Waals surface area contributed by atoms with Gasteiger partial charge in [0.15, 0.2) is 0 Å². The molecule has 0 radical (unpaired) electrons. The molecule has 1 rings (SSSR count). The summed E-state index contributed by atoms with van der Waals surface area (Å²) in [6.07, 6.45) is -3.19. The third-order valence-electron chi connectivity index (χ3n) is 1.28. The maximum atomic E-state index is 12.0. The topological polar surface area (TPSA) is 12.9 Å². The fraction of sp³-hybridized carbons (Fsp3) is 0.167. The van der Waals surface area contributed by atoms with E-state index in [0.29, 0.717) is 0 Å². The fourth-order valence-electron chi connectivity index (χ4n) is 0.782. The lowest BCUT2D eigenvalue weighted by Gasteiger charge is -2.07. The van der Waals surface area contributed by atoms with Crippen molar-refractivity contribution in [2.45, 2.75) is 6.18 Å². The molecule has 0 spiro atoms. The first kappa shape index (κ1) is 8.10. The fourth-order valence-corrected chi connectivity index (χ4v) is 0.782. The van der Waals surface area contributed by atoms with Crippen LogP contribution in [-0.2, 0) is 6.18 Å². The maximum absolute atomic E-state index is 12.0. The molecular weight excluding hydrogens is 154 g/mol. The molecule has 0 N–H and O–H groups in total. The SMILES string of the molecule is Bc1cccnc1C(F)(F)F. The van der Waals surface area contributed by atoms with E-state index in [4.69, 9.17) is 0 Å². The molecule has 1 aromatic rings. The first-order valence-electron chi connectivity index (χ1n) is 3.00. The van der Waals surface area contributed by atoms with Crippen LogP contribution in [0.15, 0.2) is 18.3 Å². The van der Waals surface area contributed by atoms with Crippen molar-refractivity contribution in [1.82, 2.24) is 4.98 Å². The zero-order chi connectivity index (χ0) is 8.48. The number of pyridine rings is 1. The van der Waals surface area contributed by atoms with Gasteiger partial charge in [0.2, 0.25) is 0 Å². The Morgan fingerprint density at radius 1 is 1.36 bits per heavy atom. The van der Waals surface area contributed by atoms with Crippen molar-refractivity contribution in [1.29, 1.82) is 0 Å². The molecule has 0 unspecified atom stereocenters. The van der Waals surface area contributed by atoms with Gasteiger partial charge in [0, 0.05) is 6.20 Å². The molecule has 1 aromatic heterocycles. The number of hydrogen-bond acceptors (Lipinski definition) is 1. The summed E-state index contributed by atoms with van der Waals surface area (Å²) in [4.78, 5) is 3.22. The molecule has 0 saturated heterocycles. The van der Waals surface area contributed by atoms with E-state index in [-0.39, 0.29) is 5.46 Å². The summed E-state index contributed by atoms with van der Waals surface area (Å²) in [5.41, 5.74) is -0.653. The van der Waals surface area contributed by atoms with Gasteiger partial charge in [-0.15, -0.1) is 0 Å². The molecular formula is C6H5BF3N. The zero-order valence-electron chi connectivity index (χ0n) is 5.81. The molecule has 0 aliphatic rings. The Hall–Kier alpha value is -0.995. The highest BCUT2D eigenvalue weighted by atomic mass is 19.4. The summed E-state index contributed by atoms with van der Waals surface area (Å²) >= 11 is 0. The van der Waals surface area contributed by atoms with Crippen molar-refractivity contribution in [3.63, 3.8) is 0 Å². The minimum atomic E-state index is -4.33. The third-order valence-corrected chi connectivity index (χ3v) is 1.28. The van der Waals surface area contributed by atoms with Crippen molar-refractivity contribution in [2.24, 2.45) is 0 Å². The van der Waals surface area contributed by atoms with E-state index >= 15 is 0 Å². The molecule has 1 nitrogen and oxygen atoms in total. The van der Waals surface area contributed by atoms with Gasteiger partial charge in [-0.1, -0.05) is 11.5 Å². The predicted octanol–water partition coefficient (Wildman–Crippen LogP) is 0.359. The summed E-state index contributed by atoms with van der Waals surface area (Å²) in [5, 5.41) is 0. The number of hydrogen-bond donors (Lipinski definition) is 0. The quantitative estimate of drug-likeness (QED) is 0.498. The molecule has 0 aromatic carbocycles. The Morgan fingerprint density at radius 2 is 2.00 bits per heavy atom. The van der Waals surface area contributed by atoms with Crippen LogP contribution >= 0.6 is 0 Å². The van der Waals surface area contributed by atoms with Crippen LogP contribution in [0.25, 0.3) is 0 Å². The molecule has 0 aliphatic carbocycles. The number of alkyl halides is 3. The van der Waals surface area contributed by atoms with Crippen LogP contribution in [0, 0.1) is 0 Å². The van der Waals surface area contributed by atoms with Gasteiger partial charge >= 0.3 is 6.18 Å². The van der Waals surface area contributed by atoms with Crippen LogP contribution < -0.4 is 5.46 Å². The molecule has 0 bridgehead atoms. The second kappa shape index (κ2) is 2.56. The van der Waals surface area contributed by atoms with E-state index in [1.165, 1.54) is 20.0 Å². The van der Waals surface area contributed by atoms with Gasteiger partial charge in [-0.25, -0.2) is 0 Å². The molecule has 58 valence electrons. The summed E-state index contributed by atoms with van der Waals surface area (Å²) < 4.78 is 36.0. The van der Waals surface area contributed by atoms with E-state index in [9.17, 15) is 13.2 Å². The molecule has 0 saturated carbocycles. The lowest BCUT2D eigenvalue weighted by Crippen LogP contribution is -2.21. The number of nitrogens with zero attached hydrogens (tertiary/aromatic N) is 1. The lowest BCUT2D eigenvalue weighted by molar-refractivity contribution is -0.140. The van der Waals surface area contributed by atoms with Crippen molar-refractivity contribution in [3.8, 4) is 0 Å². The van der Waals surface area contributed by atoms with E-state index < -0.39 is 11.9 Å². The Labute approximate surface area is 62.7 Å². The second-order valence-corrected chi connectivity index (χ2v) is 2.17. The largest absolute Gasteiger partial charge is 0.432 e. The standard InChI is InChI=1S/C6H5BF3N/c7-4-2-1-3-11-5(4)6(8,9)10/h1-3H,7H2. The van der Waals surface area contributed by atoms with E-state index in [1.807, 2.05) is 0 Å². The maximum Gasteiger partial charge on any atom is 0.432 e. The van der Waals surface area contributed by atoms with Crippen molar-refractivity contribution >= 4 is 13.3 Å². The summed E-state index contributed by atoms with van der Waals surface area (Å²) in [6, 6.07) is 2.86. The highest BCUT2D eigenvalue weighted by Crippen LogP contribution is 2.25. The van der Waals surface area contributed by atoms with Crippen LogP contribution in [0.4, 0.5) is 13.2 Å². The Kier molecular flexibility index (Phi) is 1.89. The predicted molar refractivity (Wildman–Crippen MR) is 37.4 cm³/mol. The van der Waals surface area contributed by atoms with Gasteiger partial charge in [0.1, 0.15) is 13.5 Å². The van der Waals surface area contributed by atoms with Gasteiger partial charge in [0.05, 0.1) is 0 Å². The smallest absolute Gasteiger partial charge is 0.252 e. The van der Waals surface area contributed by atoms with Gasteiger partial charge in [0.25, 0.3) is 0 Å². The van der Waals surface area contributed by atoms with Crippen molar-refractivity contribution in [2.75, 3.05) is 0 Å². The van der Waals surface area contributed by atoms with E-state index in [2.05, 4.69) is 4.98 Å². The molecule has 0 aliphatic heterocycles. The van der Waals surface area contributed by atoms with Crippen LogP contribution in [0.3, 0.4) is 0 Å². The highest BCUT2D eigenvalue weighted by molar-refractivity contribution is 6.33. The third kappa shape index (κ3) is 1.72. The monoisotopic (exact) mass is 159 g/mol. The van der Waals surface area contributed by atoms with Gasteiger partial charge in [-0.05, 0) is 6.07 Å². The first-order valence-corrected chi connectivity index (χ1v) is 3.00. The zero-order valence-corrected chi connectivity index (χ0v) is 5.81. The molecule has 0 amide bonds. The second-order valence-electron chi connectivity index (χ2n) is 2.17. The summed E-state index contributed by atoms with van der Waals surface area (Å²) in [6.45, 7) is 0. The Morgan fingerprint density at radius 3 is 2.36 bits per heavy atom. The minimum absolute atomic E-state index is 0.153. The number of halogens is 3. The molecule has 0 fully saturated rings. The van der Waals surface area contributed by atoms with Gasteiger partial charge in [-0.2, -0.15) is 13.2 Å². The normalized spacial score (nSPS) is 11.5. The van der Waals surface area contributed by atoms with E-state index in [1.54, 1.807) is 0 Å². The number of aromatic nitrogens is 1. The van der Waals surface area contributed by atoms with Gasteiger partial charge < -0.3 is 0 Å². The Bertz CT molecular complexity index is 258. The van der Waals surface area contributed by atoms with Gasteiger partial charge in [-0.3, -0.25) is 4.98 Å². The van der Waals surface area contributed by atoms with Crippen LogP contribution in [0.5, 0.6) is 0 Å². The molecule has 5 heteroatoms. The average molecular weight is 159 g/mol. The average Bonchev–Trinajstić information content (AvgIpc) is 1.86. The van der Waals surface area contributed by atoms with Crippen molar-refractivity contribution < 1.29 is 13.2 Å². The molecule has 1 heterocycles.